The van der Waals surface area contributed by atoms with Gasteiger partial charge in [-0.15, -0.1) is 5.10 Å². The molecule has 2 atom stereocenters. The average Bonchev–Trinajstić information content (AvgIpc) is 3.23. The molecule has 164 valence electrons. The maximum atomic E-state index is 13.0. The summed E-state index contributed by atoms with van der Waals surface area (Å²) in [6.45, 7) is 1.76. The summed E-state index contributed by atoms with van der Waals surface area (Å²) in [6.07, 6.45) is 6.39. The highest BCUT2D eigenvalue weighted by atomic mass is 32.1. The first-order valence-corrected chi connectivity index (χ1v) is 11.7. The minimum absolute atomic E-state index is 0.0226. The van der Waals surface area contributed by atoms with Crippen LogP contribution in [0.2, 0.25) is 0 Å². The Hall–Kier alpha value is -2.75. The largest absolute Gasteiger partial charge is 0.348 e. The van der Waals surface area contributed by atoms with Crippen LogP contribution >= 0.6 is 11.5 Å². The Kier molecular flexibility index (Phi) is 5.47. The summed E-state index contributed by atoms with van der Waals surface area (Å²) in [7, 11) is 0. The number of urea groups is 1. The number of anilines is 1. The number of piperidine rings is 1. The van der Waals surface area contributed by atoms with E-state index in [0.717, 1.165) is 49.3 Å². The van der Waals surface area contributed by atoms with E-state index in [-0.39, 0.29) is 41.1 Å². The maximum Gasteiger partial charge on any atom is 0.322 e. The highest BCUT2D eigenvalue weighted by molar-refractivity contribution is 7.10. The summed E-state index contributed by atoms with van der Waals surface area (Å²) in [5.41, 5.74) is 1.20. The third-order valence-corrected chi connectivity index (χ3v) is 7.27. The zero-order chi connectivity index (χ0) is 21.4. The van der Waals surface area contributed by atoms with Gasteiger partial charge in [0.25, 0.3) is 11.5 Å². The number of pyridine rings is 1. The summed E-state index contributed by atoms with van der Waals surface area (Å²) >= 11 is 1.02. The number of rotatable bonds is 3. The molecule has 9 nitrogen and oxygen atoms in total. The normalized spacial score (nSPS) is 23.2. The fraction of sp³-hybridized carbons (Fsp3) is 0.571. The van der Waals surface area contributed by atoms with Gasteiger partial charge in [0.2, 0.25) is 0 Å². The van der Waals surface area contributed by atoms with Gasteiger partial charge in [0.15, 0.2) is 10.7 Å². The lowest BCUT2D eigenvalue weighted by molar-refractivity contribution is 0.0923. The number of hydrogen-bond acceptors (Lipinski definition) is 6. The summed E-state index contributed by atoms with van der Waals surface area (Å²) < 4.78 is 5.73. The molecule has 5 rings (SSSR count). The first-order chi connectivity index (χ1) is 15.1. The van der Waals surface area contributed by atoms with Crippen LogP contribution in [0, 0.1) is 5.92 Å². The molecule has 2 fully saturated rings. The van der Waals surface area contributed by atoms with Gasteiger partial charge in [-0.2, -0.15) is 0 Å². The number of carbonyl (C=O) groups is 2. The standard InChI is InChI=1S/C21H26N6O3S/c28-17-8-4-7-16-14-9-13(11-27(16)17)10-26(12-14)21(30)23-20-18(24-25-31-20)19(29)22-15-5-2-1-3-6-15/h4,7-8,13-15H,1-3,5-6,9-12H2,(H,22,29)(H,23,30). The summed E-state index contributed by atoms with van der Waals surface area (Å²) in [6, 6.07) is 5.26. The molecule has 1 saturated heterocycles. The molecule has 2 aromatic heterocycles. The predicted octanol–water partition coefficient (Wildman–Crippen LogP) is 2.41. The Morgan fingerprint density at radius 3 is 2.77 bits per heavy atom. The van der Waals surface area contributed by atoms with Crippen LogP contribution in [0.1, 0.15) is 60.6 Å². The molecule has 3 aliphatic rings. The zero-order valence-electron chi connectivity index (χ0n) is 17.2. The van der Waals surface area contributed by atoms with Crippen molar-refractivity contribution in [3.05, 3.63) is 39.9 Å². The Morgan fingerprint density at radius 2 is 1.94 bits per heavy atom. The number of hydrogen-bond donors (Lipinski definition) is 2. The minimum Gasteiger partial charge on any atom is -0.348 e. The van der Waals surface area contributed by atoms with Gasteiger partial charge in [0, 0.05) is 54.9 Å². The maximum absolute atomic E-state index is 13.0. The van der Waals surface area contributed by atoms with Crippen molar-refractivity contribution in [3.8, 4) is 0 Å². The second kappa shape index (κ2) is 8.41. The molecule has 2 unspecified atom stereocenters. The zero-order valence-corrected chi connectivity index (χ0v) is 18.1. The van der Waals surface area contributed by atoms with E-state index in [1.54, 1.807) is 17.0 Å². The van der Waals surface area contributed by atoms with Gasteiger partial charge in [-0.3, -0.25) is 14.9 Å². The molecule has 31 heavy (non-hydrogen) atoms. The summed E-state index contributed by atoms with van der Waals surface area (Å²) in [5.74, 6) is 0.103. The van der Waals surface area contributed by atoms with Crippen molar-refractivity contribution in [1.29, 1.82) is 0 Å². The van der Waals surface area contributed by atoms with Crippen LogP contribution in [0.15, 0.2) is 23.0 Å². The molecule has 2 aromatic rings. The lowest BCUT2D eigenvalue weighted by atomic mass is 9.83. The van der Waals surface area contributed by atoms with E-state index in [1.165, 1.54) is 6.42 Å². The van der Waals surface area contributed by atoms with E-state index in [9.17, 15) is 14.4 Å². The topological polar surface area (TPSA) is 109 Å². The number of aromatic nitrogens is 3. The first-order valence-electron chi connectivity index (χ1n) is 11.0. The van der Waals surface area contributed by atoms with Gasteiger partial charge >= 0.3 is 6.03 Å². The van der Waals surface area contributed by atoms with E-state index >= 15 is 0 Å². The van der Waals surface area contributed by atoms with Crippen LogP contribution < -0.4 is 16.2 Å². The number of carbonyl (C=O) groups excluding carboxylic acids is 2. The third-order valence-electron chi connectivity index (χ3n) is 6.63. The first kappa shape index (κ1) is 20.2. The van der Waals surface area contributed by atoms with Crippen LogP contribution in [-0.4, -0.2) is 50.1 Å². The quantitative estimate of drug-likeness (QED) is 0.759. The summed E-state index contributed by atoms with van der Waals surface area (Å²) in [4.78, 5) is 39.6. The Bertz CT molecular complexity index is 1040. The van der Waals surface area contributed by atoms with E-state index in [4.69, 9.17) is 0 Å². The van der Waals surface area contributed by atoms with Gasteiger partial charge in [-0.25, -0.2) is 4.79 Å². The number of nitrogens with zero attached hydrogens (tertiary/aromatic N) is 4. The van der Waals surface area contributed by atoms with Crippen molar-refractivity contribution >= 4 is 28.5 Å². The van der Waals surface area contributed by atoms with Crippen molar-refractivity contribution in [2.24, 2.45) is 5.92 Å². The number of amides is 3. The van der Waals surface area contributed by atoms with E-state index in [0.29, 0.717) is 24.6 Å². The molecule has 3 amide bonds. The van der Waals surface area contributed by atoms with Crippen LogP contribution in [0.25, 0.3) is 0 Å². The summed E-state index contributed by atoms with van der Waals surface area (Å²) in [5, 5.41) is 10.2. The molecule has 2 aliphatic heterocycles. The monoisotopic (exact) mass is 442 g/mol. The molecule has 0 spiro atoms. The van der Waals surface area contributed by atoms with Crippen molar-refractivity contribution in [1.82, 2.24) is 24.4 Å². The number of nitrogens with one attached hydrogen (secondary N) is 2. The molecule has 0 radical (unpaired) electrons. The van der Waals surface area contributed by atoms with Crippen molar-refractivity contribution in [2.45, 2.75) is 57.0 Å². The number of fused-ring (bicyclic) bond motifs is 4. The Balaban J connectivity index is 1.26. The SMILES string of the molecule is O=C(NC1CCCCC1)c1nnsc1NC(=O)N1CC2CC(C1)c1cccc(=O)n1C2. The lowest BCUT2D eigenvalue weighted by Crippen LogP contribution is -2.50. The fourth-order valence-electron chi connectivity index (χ4n) is 5.16. The second-order valence-electron chi connectivity index (χ2n) is 8.79. The molecule has 1 aliphatic carbocycles. The van der Waals surface area contributed by atoms with Crippen molar-refractivity contribution < 1.29 is 9.59 Å². The highest BCUT2D eigenvalue weighted by Crippen LogP contribution is 2.35. The fourth-order valence-corrected chi connectivity index (χ4v) is 5.72. The predicted molar refractivity (Wildman–Crippen MR) is 116 cm³/mol. The minimum atomic E-state index is -0.278. The Labute approximate surface area is 184 Å². The van der Waals surface area contributed by atoms with E-state index in [1.807, 2.05) is 10.6 Å². The average molecular weight is 443 g/mol. The van der Waals surface area contributed by atoms with Gasteiger partial charge in [-0.1, -0.05) is 29.8 Å². The highest BCUT2D eigenvalue weighted by Gasteiger charge is 2.36. The van der Waals surface area contributed by atoms with Crippen LogP contribution in [0.5, 0.6) is 0 Å². The number of likely N-dealkylation sites (tertiary alicyclic amines) is 1. The van der Waals surface area contributed by atoms with Crippen LogP contribution in [-0.2, 0) is 6.54 Å². The molecule has 1 saturated carbocycles. The lowest BCUT2D eigenvalue weighted by Gasteiger charge is -2.42. The molecule has 2 N–H and O–H groups in total. The van der Waals surface area contributed by atoms with E-state index in [2.05, 4.69) is 20.2 Å². The van der Waals surface area contributed by atoms with Crippen LogP contribution in [0.4, 0.5) is 9.80 Å². The molecular weight excluding hydrogens is 416 g/mol. The smallest absolute Gasteiger partial charge is 0.322 e. The van der Waals surface area contributed by atoms with Gasteiger partial charge in [0.1, 0.15) is 0 Å². The van der Waals surface area contributed by atoms with Gasteiger partial charge < -0.3 is 14.8 Å². The molecule has 4 heterocycles. The molecular formula is C21H26N6O3S. The third kappa shape index (κ3) is 4.08. The second-order valence-corrected chi connectivity index (χ2v) is 9.55. The van der Waals surface area contributed by atoms with E-state index < -0.39 is 0 Å². The Morgan fingerprint density at radius 1 is 1.10 bits per heavy atom. The van der Waals surface area contributed by atoms with Crippen LogP contribution in [0.3, 0.4) is 0 Å². The molecule has 0 aromatic carbocycles. The molecule has 2 bridgehead atoms. The molecule has 10 heteroatoms. The van der Waals surface area contributed by atoms with Gasteiger partial charge in [-0.05, 0) is 31.2 Å². The van der Waals surface area contributed by atoms with Gasteiger partial charge in [0.05, 0.1) is 0 Å². The van der Waals surface area contributed by atoms with Crippen molar-refractivity contribution in [2.75, 3.05) is 18.4 Å². The van der Waals surface area contributed by atoms with Crippen molar-refractivity contribution in [3.63, 3.8) is 0 Å².